The van der Waals surface area contributed by atoms with E-state index >= 15 is 0 Å². The van der Waals surface area contributed by atoms with Crippen LogP contribution < -0.4 is 0 Å². The molecule has 0 aliphatic heterocycles. The Morgan fingerprint density at radius 2 is 1.71 bits per heavy atom. The molecule has 1 aliphatic carbocycles. The molecule has 1 heteroatoms. The average molecular weight is 393 g/mol. The summed E-state index contributed by atoms with van der Waals surface area (Å²) in [5.41, 5.74) is 10.4. The minimum atomic E-state index is -0.265. The van der Waals surface area contributed by atoms with E-state index in [9.17, 15) is 0 Å². The molecule has 28 heavy (non-hydrogen) atoms. The zero-order valence-corrected chi connectivity index (χ0v) is 19.8. The van der Waals surface area contributed by atoms with E-state index in [0.717, 1.165) is 12.0 Å². The Hall–Kier alpha value is -1.73. The Bertz CT molecular complexity index is 893. The van der Waals surface area contributed by atoms with Gasteiger partial charge in [0.1, 0.15) is 0 Å². The standard InChI is InChI=1S/C27H36S/c1-10-12-21(27(9,28)26(6,7)8)16-20(5)25-18(3)14-15-23-22(13-11-2)19(4)17-24(23)25/h10-16,28H,5,17H2,1-4,6-9H3/b12-10-,13-11-,21-16+. The second-order valence-corrected chi connectivity index (χ2v) is 10.00. The molecule has 0 radical (unpaired) electrons. The molecule has 1 aromatic rings. The molecule has 0 fully saturated rings. The van der Waals surface area contributed by atoms with E-state index in [0.29, 0.717) is 0 Å². The SMILES string of the molecule is C=C(/C=C(\C=C/C)C(C)(S)C(C)(C)C)c1c(C)ccc2c1CC(C)=C2/C=C\C. The highest BCUT2D eigenvalue weighted by Crippen LogP contribution is 2.44. The molecule has 1 aliphatic rings. The van der Waals surface area contributed by atoms with Crippen molar-refractivity contribution in [3.05, 3.63) is 82.5 Å². The lowest BCUT2D eigenvalue weighted by Crippen LogP contribution is -2.35. The first-order valence-corrected chi connectivity index (χ1v) is 10.6. The van der Waals surface area contributed by atoms with E-state index in [2.05, 4.69) is 104 Å². The van der Waals surface area contributed by atoms with Gasteiger partial charge >= 0.3 is 0 Å². The first-order valence-electron chi connectivity index (χ1n) is 10.2. The molecule has 0 amide bonds. The molecular formula is C27H36S. The summed E-state index contributed by atoms with van der Waals surface area (Å²) >= 11 is 5.07. The molecule has 0 saturated carbocycles. The molecule has 0 nitrogen and oxygen atoms in total. The van der Waals surface area contributed by atoms with Gasteiger partial charge in [0.15, 0.2) is 0 Å². The summed E-state index contributed by atoms with van der Waals surface area (Å²) in [6, 6.07) is 4.50. The van der Waals surface area contributed by atoms with Crippen LogP contribution in [0, 0.1) is 12.3 Å². The molecule has 0 bridgehead atoms. The van der Waals surface area contributed by atoms with Gasteiger partial charge in [0.05, 0.1) is 0 Å². The predicted octanol–water partition coefficient (Wildman–Crippen LogP) is 8.15. The van der Waals surface area contributed by atoms with E-state index in [1.807, 2.05) is 0 Å². The molecule has 150 valence electrons. The average Bonchev–Trinajstić information content (AvgIpc) is 2.89. The van der Waals surface area contributed by atoms with Gasteiger partial charge in [-0.2, -0.15) is 12.6 Å². The maximum Gasteiger partial charge on any atom is 0.0398 e. The Morgan fingerprint density at radius 1 is 1.07 bits per heavy atom. The van der Waals surface area contributed by atoms with E-state index in [1.54, 1.807) is 0 Å². The maximum absolute atomic E-state index is 5.07. The minimum Gasteiger partial charge on any atom is -0.167 e. The lowest BCUT2D eigenvalue weighted by Gasteiger charge is -2.39. The molecule has 1 atom stereocenters. The second kappa shape index (κ2) is 8.33. The third-order valence-corrected chi connectivity index (χ3v) is 7.00. The lowest BCUT2D eigenvalue weighted by molar-refractivity contribution is 0.341. The van der Waals surface area contributed by atoms with Crippen molar-refractivity contribution >= 4 is 23.8 Å². The van der Waals surface area contributed by atoms with Gasteiger partial charge in [0, 0.05) is 4.75 Å². The first kappa shape index (κ1) is 22.6. The fourth-order valence-corrected chi connectivity index (χ4v) is 4.00. The van der Waals surface area contributed by atoms with E-state index in [1.165, 1.54) is 39.0 Å². The van der Waals surface area contributed by atoms with Crippen LogP contribution in [0.2, 0.25) is 0 Å². The molecule has 2 rings (SSSR count). The molecule has 1 aromatic carbocycles. The molecule has 1 unspecified atom stereocenters. The topological polar surface area (TPSA) is 0 Å². The van der Waals surface area contributed by atoms with Gasteiger partial charge in [0.25, 0.3) is 0 Å². The molecule has 0 aromatic heterocycles. The van der Waals surface area contributed by atoms with Crippen molar-refractivity contribution in [2.75, 3.05) is 0 Å². The minimum absolute atomic E-state index is 0.0205. The third-order valence-electron chi connectivity index (χ3n) is 6.07. The summed E-state index contributed by atoms with van der Waals surface area (Å²) in [6.45, 7) is 22.0. The number of allylic oxidation sites excluding steroid dienone is 8. The van der Waals surface area contributed by atoms with Gasteiger partial charge < -0.3 is 0 Å². The van der Waals surface area contributed by atoms with Crippen LogP contribution in [0.25, 0.3) is 11.1 Å². The van der Waals surface area contributed by atoms with Crippen LogP contribution in [0.3, 0.4) is 0 Å². The van der Waals surface area contributed by atoms with Crippen molar-refractivity contribution in [1.29, 1.82) is 0 Å². The number of aryl methyl sites for hydroxylation is 1. The van der Waals surface area contributed by atoms with Gasteiger partial charge in [-0.05, 0) is 85.4 Å². The van der Waals surface area contributed by atoms with Crippen molar-refractivity contribution in [2.45, 2.75) is 66.6 Å². The third kappa shape index (κ3) is 4.15. The van der Waals surface area contributed by atoms with Crippen LogP contribution >= 0.6 is 12.6 Å². The number of thiol groups is 1. The van der Waals surface area contributed by atoms with Crippen molar-refractivity contribution in [3.63, 3.8) is 0 Å². The predicted molar refractivity (Wildman–Crippen MR) is 131 cm³/mol. The quantitative estimate of drug-likeness (QED) is 0.379. The molecule has 0 spiro atoms. The number of benzene rings is 1. The second-order valence-electron chi connectivity index (χ2n) is 9.10. The van der Waals surface area contributed by atoms with Gasteiger partial charge in [-0.3, -0.25) is 0 Å². The maximum atomic E-state index is 5.07. The van der Waals surface area contributed by atoms with Crippen LogP contribution in [0.4, 0.5) is 0 Å². The van der Waals surface area contributed by atoms with Crippen molar-refractivity contribution in [1.82, 2.24) is 0 Å². The molecular weight excluding hydrogens is 356 g/mol. The van der Waals surface area contributed by atoms with Crippen LogP contribution in [0.5, 0.6) is 0 Å². The van der Waals surface area contributed by atoms with E-state index in [-0.39, 0.29) is 10.2 Å². The van der Waals surface area contributed by atoms with Gasteiger partial charge in [0.2, 0.25) is 0 Å². The van der Waals surface area contributed by atoms with Crippen LogP contribution in [0.15, 0.2) is 60.2 Å². The lowest BCUT2D eigenvalue weighted by atomic mass is 9.75. The van der Waals surface area contributed by atoms with E-state index in [4.69, 9.17) is 12.6 Å². The highest BCUT2D eigenvalue weighted by atomic mass is 32.1. The molecule has 0 saturated heterocycles. The summed E-state index contributed by atoms with van der Waals surface area (Å²) in [6.07, 6.45) is 11.9. The van der Waals surface area contributed by atoms with E-state index < -0.39 is 0 Å². The summed E-state index contributed by atoms with van der Waals surface area (Å²) in [5.74, 6) is 0. The van der Waals surface area contributed by atoms with Gasteiger partial charge in [-0.25, -0.2) is 0 Å². The summed E-state index contributed by atoms with van der Waals surface area (Å²) < 4.78 is -0.265. The van der Waals surface area contributed by atoms with Gasteiger partial charge in [-0.15, -0.1) is 0 Å². The summed E-state index contributed by atoms with van der Waals surface area (Å²) in [5, 5.41) is 0. The smallest absolute Gasteiger partial charge is 0.0398 e. The first-order chi connectivity index (χ1) is 13.0. The number of rotatable bonds is 5. The van der Waals surface area contributed by atoms with Crippen molar-refractivity contribution in [2.24, 2.45) is 5.41 Å². The van der Waals surface area contributed by atoms with Crippen LogP contribution in [0.1, 0.15) is 70.7 Å². The summed E-state index contributed by atoms with van der Waals surface area (Å²) in [7, 11) is 0. The van der Waals surface area contributed by atoms with Gasteiger partial charge in [-0.1, -0.05) is 75.4 Å². The number of fused-ring (bicyclic) bond motifs is 1. The highest BCUT2D eigenvalue weighted by molar-refractivity contribution is 7.82. The molecule has 0 N–H and O–H groups in total. The Morgan fingerprint density at radius 3 is 2.25 bits per heavy atom. The summed E-state index contributed by atoms with van der Waals surface area (Å²) in [4.78, 5) is 0. The molecule has 0 heterocycles. The van der Waals surface area contributed by atoms with Crippen molar-refractivity contribution < 1.29 is 0 Å². The largest absolute Gasteiger partial charge is 0.167 e. The Balaban J connectivity index is 2.61. The number of hydrogen-bond acceptors (Lipinski definition) is 1. The normalized spacial score (nSPS) is 17.5. The monoisotopic (exact) mass is 392 g/mol. The van der Waals surface area contributed by atoms with Crippen LogP contribution in [-0.4, -0.2) is 4.75 Å². The van der Waals surface area contributed by atoms with Crippen molar-refractivity contribution in [3.8, 4) is 0 Å². The number of hydrogen-bond donors (Lipinski definition) is 1. The zero-order valence-electron chi connectivity index (χ0n) is 18.9. The fourth-order valence-electron chi connectivity index (χ4n) is 3.86. The van der Waals surface area contributed by atoms with Crippen LogP contribution in [-0.2, 0) is 6.42 Å². The fraction of sp³-hybridized carbons (Fsp3) is 0.407. The zero-order chi connectivity index (χ0) is 21.3. The Labute approximate surface area is 178 Å². The Kier molecular flexibility index (Phi) is 6.71. The highest BCUT2D eigenvalue weighted by Gasteiger charge is 2.36.